The molecule has 0 radical (unpaired) electrons. The van der Waals surface area contributed by atoms with Crippen LogP contribution in [0.15, 0.2) is 77.7 Å². The molecule has 2 amide bonds. The number of aryl methyl sites for hydroxylation is 1. The summed E-state index contributed by atoms with van der Waals surface area (Å²) in [6.45, 7) is 8.00. The number of nitrogens with one attached hydrogen (secondary N) is 1. The fraction of sp³-hybridized carbons (Fsp3) is 0.355. The molecule has 0 bridgehead atoms. The van der Waals surface area contributed by atoms with Gasteiger partial charge in [-0.25, -0.2) is 8.42 Å². The van der Waals surface area contributed by atoms with Crippen LogP contribution in [0.4, 0.5) is 18.9 Å². The minimum absolute atomic E-state index is 0.0509. The molecular weight excluding hydrogens is 603 g/mol. The van der Waals surface area contributed by atoms with E-state index in [1.54, 1.807) is 45.9 Å². The zero-order chi connectivity index (χ0) is 32.2. The van der Waals surface area contributed by atoms with Crippen molar-refractivity contribution in [2.45, 2.75) is 70.2 Å². The molecule has 7 nitrogen and oxygen atoms in total. The molecule has 3 aromatic rings. The number of hydrogen-bond donors (Lipinski definition) is 1. The summed E-state index contributed by atoms with van der Waals surface area (Å²) in [4.78, 5) is 28.5. The Labute approximate surface area is 255 Å². The number of sulfonamides is 1. The van der Waals surface area contributed by atoms with Crippen molar-refractivity contribution in [1.29, 1.82) is 0 Å². The highest BCUT2D eigenvalue weighted by molar-refractivity contribution is 7.92. The van der Waals surface area contributed by atoms with Gasteiger partial charge >= 0.3 is 6.18 Å². The van der Waals surface area contributed by atoms with Crippen LogP contribution < -0.4 is 9.62 Å². The zero-order valence-corrected chi connectivity index (χ0v) is 26.1. The van der Waals surface area contributed by atoms with E-state index < -0.39 is 57.4 Å². The monoisotopic (exact) mass is 637 g/mol. The SMILES string of the molecule is CCC(C(=O)NC(C)(C)C)N(Cc1ccc(C)cc1)C(=O)CN(c1cc(C(F)(F)F)ccc1Cl)S(=O)(=O)c1ccccc1. The summed E-state index contributed by atoms with van der Waals surface area (Å²) >= 11 is 6.29. The number of benzene rings is 3. The van der Waals surface area contributed by atoms with Crippen molar-refractivity contribution < 1.29 is 31.2 Å². The van der Waals surface area contributed by atoms with Gasteiger partial charge in [0.05, 0.1) is 21.2 Å². The van der Waals surface area contributed by atoms with Gasteiger partial charge in [0.15, 0.2) is 0 Å². The molecule has 0 heterocycles. The van der Waals surface area contributed by atoms with Gasteiger partial charge < -0.3 is 10.2 Å². The van der Waals surface area contributed by atoms with Crippen LogP contribution in [0.25, 0.3) is 0 Å². The maximum atomic E-state index is 14.1. The summed E-state index contributed by atoms with van der Waals surface area (Å²) in [6, 6.07) is 15.5. The van der Waals surface area contributed by atoms with Crippen molar-refractivity contribution in [1.82, 2.24) is 10.2 Å². The Bertz CT molecular complexity index is 1540. The van der Waals surface area contributed by atoms with Crippen LogP contribution in [0.5, 0.6) is 0 Å². The van der Waals surface area contributed by atoms with Crippen LogP contribution in [0.3, 0.4) is 0 Å². The molecule has 232 valence electrons. The average molecular weight is 638 g/mol. The largest absolute Gasteiger partial charge is 0.416 e. The lowest BCUT2D eigenvalue weighted by Gasteiger charge is -2.35. The highest BCUT2D eigenvalue weighted by Crippen LogP contribution is 2.37. The van der Waals surface area contributed by atoms with E-state index in [1.807, 2.05) is 19.1 Å². The Hall–Kier alpha value is -3.57. The van der Waals surface area contributed by atoms with Crippen molar-refractivity contribution in [2.75, 3.05) is 10.8 Å². The molecule has 12 heteroatoms. The van der Waals surface area contributed by atoms with Crippen molar-refractivity contribution in [2.24, 2.45) is 0 Å². The third-order valence-electron chi connectivity index (χ3n) is 6.51. The molecule has 0 aliphatic carbocycles. The second kappa shape index (κ2) is 13.4. The molecule has 43 heavy (non-hydrogen) atoms. The number of nitrogens with zero attached hydrogens (tertiary/aromatic N) is 2. The number of amides is 2. The zero-order valence-electron chi connectivity index (χ0n) is 24.6. The Balaban J connectivity index is 2.16. The third-order valence-corrected chi connectivity index (χ3v) is 8.60. The Morgan fingerprint density at radius 2 is 1.56 bits per heavy atom. The molecule has 0 spiro atoms. The highest BCUT2D eigenvalue weighted by atomic mass is 35.5. The number of hydrogen-bond acceptors (Lipinski definition) is 4. The Morgan fingerprint density at radius 1 is 0.953 bits per heavy atom. The lowest BCUT2D eigenvalue weighted by Crippen LogP contribution is -2.55. The maximum absolute atomic E-state index is 14.1. The third kappa shape index (κ3) is 8.73. The fourth-order valence-electron chi connectivity index (χ4n) is 4.38. The topological polar surface area (TPSA) is 86.8 Å². The Morgan fingerprint density at radius 3 is 2.09 bits per heavy atom. The minimum atomic E-state index is -4.80. The van der Waals surface area contributed by atoms with Crippen molar-refractivity contribution >= 4 is 39.1 Å². The van der Waals surface area contributed by atoms with E-state index in [-0.39, 0.29) is 22.9 Å². The molecule has 3 rings (SSSR count). The van der Waals surface area contributed by atoms with Gasteiger partial charge in [0, 0.05) is 12.1 Å². The number of halogens is 4. The first-order valence-electron chi connectivity index (χ1n) is 13.6. The number of anilines is 1. The predicted molar refractivity (Wildman–Crippen MR) is 161 cm³/mol. The number of carbonyl (C=O) groups excluding carboxylic acids is 2. The van der Waals surface area contributed by atoms with Crippen LogP contribution in [0.1, 0.15) is 50.8 Å². The van der Waals surface area contributed by atoms with Gasteiger partial charge in [0.25, 0.3) is 10.0 Å². The van der Waals surface area contributed by atoms with Crippen molar-refractivity contribution in [3.8, 4) is 0 Å². The van der Waals surface area contributed by atoms with Gasteiger partial charge in [-0.3, -0.25) is 13.9 Å². The van der Waals surface area contributed by atoms with E-state index in [4.69, 9.17) is 11.6 Å². The van der Waals surface area contributed by atoms with E-state index in [1.165, 1.54) is 29.2 Å². The molecular formula is C31H35ClF3N3O4S. The summed E-state index contributed by atoms with van der Waals surface area (Å²) in [7, 11) is -4.59. The molecule has 1 N–H and O–H groups in total. The number of alkyl halides is 3. The summed E-state index contributed by atoms with van der Waals surface area (Å²) in [5, 5.41) is 2.56. The first-order chi connectivity index (χ1) is 19.9. The first-order valence-corrected chi connectivity index (χ1v) is 15.4. The van der Waals surface area contributed by atoms with Crippen LogP contribution >= 0.6 is 11.6 Å². The summed E-state index contributed by atoms with van der Waals surface area (Å²) in [5.74, 6) is -1.26. The molecule has 1 atom stereocenters. The molecule has 0 saturated heterocycles. The van der Waals surface area contributed by atoms with Crippen LogP contribution in [0.2, 0.25) is 5.02 Å². The molecule has 1 unspecified atom stereocenters. The first kappa shape index (κ1) is 33.9. The molecule has 0 saturated carbocycles. The van der Waals surface area contributed by atoms with Gasteiger partial charge in [-0.05, 0) is 70.0 Å². The van der Waals surface area contributed by atoms with E-state index in [0.717, 1.165) is 17.7 Å². The molecule has 0 fully saturated rings. The normalized spacial score (nSPS) is 12.9. The van der Waals surface area contributed by atoms with Gasteiger partial charge in [0.2, 0.25) is 11.8 Å². The number of carbonyl (C=O) groups is 2. The lowest BCUT2D eigenvalue weighted by molar-refractivity contribution is -0.141. The van der Waals surface area contributed by atoms with Crippen LogP contribution in [0, 0.1) is 6.92 Å². The van der Waals surface area contributed by atoms with Gasteiger partial charge in [-0.1, -0.05) is 66.6 Å². The average Bonchev–Trinajstić information content (AvgIpc) is 2.92. The second-order valence-corrected chi connectivity index (χ2v) is 13.4. The van der Waals surface area contributed by atoms with Crippen molar-refractivity contribution in [3.63, 3.8) is 0 Å². The molecule has 3 aromatic carbocycles. The summed E-state index contributed by atoms with van der Waals surface area (Å²) in [6.07, 6.45) is -4.61. The van der Waals surface area contributed by atoms with Gasteiger partial charge in [-0.15, -0.1) is 0 Å². The predicted octanol–water partition coefficient (Wildman–Crippen LogP) is 6.58. The summed E-state index contributed by atoms with van der Waals surface area (Å²) < 4.78 is 69.4. The highest BCUT2D eigenvalue weighted by Gasteiger charge is 2.37. The minimum Gasteiger partial charge on any atom is -0.350 e. The van der Waals surface area contributed by atoms with E-state index >= 15 is 0 Å². The van der Waals surface area contributed by atoms with Crippen molar-refractivity contribution in [3.05, 3.63) is 94.5 Å². The molecule has 0 aliphatic rings. The van der Waals surface area contributed by atoms with Gasteiger partial charge in [0.1, 0.15) is 12.6 Å². The quantitative estimate of drug-likeness (QED) is 0.272. The smallest absolute Gasteiger partial charge is 0.350 e. The Kier molecular flexibility index (Phi) is 10.6. The van der Waals surface area contributed by atoms with E-state index in [0.29, 0.717) is 15.9 Å². The maximum Gasteiger partial charge on any atom is 0.416 e. The van der Waals surface area contributed by atoms with Crippen LogP contribution in [-0.2, 0) is 32.3 Å². The van der Waals surface area contributed by atoms with Gasteiger partial charge in [-0.2, -0.15) is 13.2 Å². The standard InChI is InChI=1S/C31H35ClF3N3O4S/c1-6-26(29(40)36-30(3,4)5)37(19-22-14-12-21(2)13-15-22)28(39)20-38(43(41,42)24-10-8-7-9-11-24)27-18-23(31(33,34)35)16-17-25(27)32/h7-18,26H,6,19-20H2,1-5H3,(H,36,40). The molecule has 0 aliphatic heterocycles. The fourth-order valence-corrected chi connectivity index (χ4v) is 6.09. The number of rotatable bonds is 10. The van der Waals surface area contributed by atoms with E-state index in [2.05, 4.69) is 5.32 Å². The lowest BCUT2D eigenvalue weighted by atomic mass is 10.1. The van der Waals surface area contributed by atoms with Crippen LogP contribution in [-0.4, -0.2) is 43.3 Å². The molecule has 0 aromatic heterocycles. The van der Waals surface area contributed by atoms with E-state index in [9.17, 15) is 31.2 Å². The second-order valence-electron chi connectivity index (χ2n) is 11.2. The summed E-state index contributed by atoms with van der Waals surface area (Å²) in [5.41, 5.74) is -0.637.